The Morgan fingerprint density at radius 1 is 1.42 bits per heavy atom. The number of halogens is 2. The quantitative estimate of drug-likeness (QED) is 0.355. The average molecular weight is 401 g/mol. The normalized spacial score (nSPS) is 11.5. The lowest BCUT2D eigenvalue weighted by atomic mass is 10.3. The van der Waals surface area contributed by atoms with Gasteiger partial charge in [0.05, 0.1) is 10.2 Å². The monoisotopic (exact) mass is 400 g/mol. The number of carbonyl (C=O) groups excluding carboxylic acids is 1. The SMILES string of the molecule is CC(C)NC(=O)Nc1nonc1C(=Nc1ccc(F)c(Br)c1)NO. The summed E-state index contributed by atoms with van der Waals surface area (Å²) in [5, 5.41) is 21.4. The van der Waals surface area contributed by atoms with Crippen molar-refractivity contribution >= 4 is 39.3 Å². The molecule has 0 saturated heterocycles. The second-order valence-corrected chi connectivity index (χ2v) is 5.74. The summed E-state index contributed by atoms with van der Waals surface area (Å²) in [4.78, 5) is 15.8. The molecule has 2 amide bonds. The molecule has 1 aromatic carbocycles. The van der Waals surface area contributed by atoms with E-state index in [1.165, 1.54) is 18.2 Å². The van der Waals surface area contributed by atoms with E-state index in [9.17, 15) is 14.4 Å². The van der Waals surface area contributed by atoms with Crippen LogP contribution in [0.15, 0.2) is 32.3 Å². The Balaban J connectivity index is 2.28. The molecule has 1 aromatic heterocycles. The first-order valence-corrected chi connectivity index (χ1v) is 7.54. The van der Waals surface area contributed by atoms with Crippen molar-refractivity contribution in [2.24, 2.45) is 4.99 Å². The van der Waals surface area contributed by atoms with E-state index in [-0.39, 0.29) is 27.9 Å². The van der Waals surface area contributed by atoms with Crippen molar-refractivity contribution in [3.8, 4) is 0 Å². The van der Waals surface area contributed by atoms with Crippen LogP contribution in [0.4, 0.5) is 20.7 Å². The first kappa shape index (κ1) is 17.8. The third kappa shape index (κ3) is 4.49. The summed E-state index contributed by atoms with van der Waals surface area (Å²) in [7, 11) is 0. The fourth-order valence-corrected chi connectivity index (χ4v) is 2.01. The number of hydrogen-bond acceptors (Lipinski definition) is 6. The van der Waals surface area contributed by atoms with Gasteiger partial charge in [0.15, 0.2) is 11.5 Å². The predicted molar refractivity (Wildman–Crippen MR) is 86.8 cm³/mol. The molecule has 0 aliphatic heterocycles. The third-order valence-electron chi connectivity index (χ3n) is 2.61. The van der Waals surface area contributed by atoms with Gasteiger partial charge in [0.25, 0.3) is 0 Å². The Kier molecular flexibility index (Phi) is 5.82. The number of nitrogens with one attached hydrogen (secondary N) is 3. The number of amidine groups is 1. The molecule has 0 bridgehead atoms. The third-order valence-corrected chi connectivity index (χ3v) is 3.22. The van der Waals surface area contributed by atoms with Gasteiger partial charge in [-0.2, -0.15) is 0 Å². The number of carbonyl (C=O) groups is 1. The van der Waals surface area contributed by atoms with Gasteiger partial charge in [0, 0.05) is 6.04 Å². The molecule has 1 heterocycles. The van der Waals surface area contributed by atoms with E-state index in [0.29, 0.717) is 5.69 Å². The number of anilines is 1. The van der Waals surface area contributed by atoms with Gasteiger partial charge in [-0.05, 0) is 58.3 Å². The number of hydroxylamine groups is 1. The predicted octanol–water partition coefficient (Wildman–Crippen LogP) is 2.56. The second kappa shape index (κ2) is 7.84. The van der Waals surface area contributed by atoms with Gasteiger partial charge < -0.3 is 5.32 Å². The number of amides is 2. The number of urea groups is 1. The molecule has 0 aliphatic rings. The van der Waals surface area contributed by atoms with Crippen molar-refractivity contribution in [2.45, 2.75) is 19.9 Å². The standard InChI is InChI=1S/C13H14BrFN6O3/c1-6(2)16-13(22)18-12-10(20-24-21-12)11(19-23)17-7-3-4-9(15)8(14)5-7/h3-6,23H,1-2H3,(H,17,19)(H2,16,18,21,22). The van der Waals surface area contributed by atoms with Crippen LogP contribution in [0.2, 0.25) is 0 Å². The van der Waals surface area contributed by atoms with Crippen LogP contribution < -0.4 is 16.1 Å². The minimum atomic E-state index is -0.524. The maximum atomic E-state index is 13.3. The topological polar surface area (TPSA) is 125 Å². The molecule has 128 valence electrons. The highest BCUT2D eigenvalue weighted by molar-refractivity contribution is 9.10. The number of aromatic nitrogens is 2. The fraction of sp³-hybridized carbons (Fsp3) is 0.231. The molecular formula is C13H14BrFN6O3. The lowest BCUT2D eigenvalue weighted by Gasteiger charge is -2.09. The van der Waals surface area contributed by atoms with Crippen LogP contribution in [-0.2, 0) is 0 Å². The summed E-state index contributed by atoms with van der Waals surface area (Å²) in [6.45, 7) is 3.58. The van der Waals surface area contributed by atoms with Gasteiger partial charge in [-0.1, -0.05) is 0 Å². The zero-order valence-electron chi connectivity index (χ0n) is 12.7. The molecule has 0 saturated carbocycles. The molecule has 2 rings (SSSR count). The molecule has 0 radical (unpaired) electrons. The van der Waals surface area contributed by atoms with Gasteiger partial charge in [-0.25, -0.2) is 18.8 Å². The fourth-order valence-electron chi connectivity index (χ4n) is 1.65. The Morgan fingerprint density at radius 3 is 2.79 bits per heavy atom. The van der Waals surface area contributed by atoms with Crippen LogP contribution >= 0.6 is 15.9 Å². The molecule has 9 nitrogen and oxygen atoms in total. The van der Waals surface area contributed by atoms with Crippen LogP contribution in [-0.4, -0.2) is 33.4 Å². The van der Waals surface area contributed by atoms with E-state index >= 15 is 0 Å². The van der Waals surface area contributed by atoms with E-state index in [0.717, 1.165) is 0 Å². The van der Waals surface area contributed by atoms with Crippen molar-refractivity contribution in [1.29, 1.82) is 0 Å². The lowest BCUT2D eigenvalue weighted by molar-refractivity contribution is 0.234. The van der Waals surface area contributed by atoms with Crippen molar-refractivity contribution in [1.82, 2.24) is 21.1 Å². The molecule has 4 N–H and O–H groups in total. The molecule has 0 fully saturated rings. The van der Waals surface area contributed by atoms with E-state index < -0.39 is 11.8 Å². The molecule has 0 spiro atoms. The summed E-state index contributed by atoms with van der Waals surface area (Å²) in [6, 6.07) is 3.38. The highest BCUT2D eigenvalue weighted by Crippen LogP contribution is 2.23. The number of nitrogens with zero attached hydrogens (tertiary/aromatic N) is 3. The molecule has 0 unspecified atom stereocenters. The largest absolute Gasteiger partial charge is 0.336 e. The van der Waals surface area contributed by atoms with Crippen LogP contribution in [0.25, 0.3) is 0 Å². The lowest BCUT2D eigenvalue weighted by Crippen LogP contribution is -2.35. The van der Waals surface area contributed by atoms with Crippen molar-refractivity contribution in [3.05, 3.63) is 34.2 Å². The van der Waals surface area contributed by atoms with Crippen molar-refractivity contribution in [3.63, 3.8) is 0 Å². The summed E-state index contributed by atoms with van der Waals surface area (Å²) >= 11 is 3.04. The van der Waals surface area contributed by atoms with Crippen LogP contribution in [0.3, 0.4) is 0 Å². The van der Waals surface area contributed by atoms with Gasteiger partial charge in [0.2, 0.25) is 5.82 Å². The summed E-state index contributed by atoms with van der Waals surface area (Å²) in [6.07, 6.45) is 0. The van der Waals surface area contributed by atoms with Gasteiger partial charge >= 0.3 is 6.03 Å². The minimum Gasteiger partial charge on any atom is -0.336 e. The van der Waals surface area contributed by atoms with Gasteiger partial charge in [-0.15, -0.1) is 0 Å². The molecule has 0 atom stereocenters. The molecule has 0 aliphatic carbocycles. The zero-order valence-corrected chi connectivity index (χ0v) is 14.3. The number of benzene rings is 1. The molecule has 24 heavy (non-hydrogen) atoms. The maximum absolute atomic E-state index is 13.3. The summed E-state index contributed by atoms with van der Waals surface area (Å²) in [5.74, 6) is -0.646. The number of rotatable bonds is 4. The first-order chi connectivity index (χ1) is 11.4. The van der Waals surface area contributed by atoms with E-state index in [1.54, 1.807) is 13.8 Å². The molecular weight excluding hydrogens is 387 g/mol. The van der Waals surface area contributed by atoms with Crippen LogP contribution in [0, 0.1) is 5.82 Å². The number of aliphatic imine (C=N–C) groups is 1. The summed E-state index contributed by atoms with van der Waals surface area (Å²) < 4.78 is 18.0. The van der Waals surface area contributed by atoms with Gasteiger partial charge in [-0.3, -0.25) is 16.0 Å². The minimum absolute atomic E-state index is 0.0307. The highest BCUT2D eigenvalue weighted by Gasteiger charge is 2.19. The zero-order chi connectivity index (χ0) is 17.7. The first-order valence-electron chi connectivity index (χ1n) is 6.75. The van der Waals surface area contributed by atoms with E-state index in [4.69, 9.17) is 0 Å². The second-order valence-electron chi connectivity index (χ2n) is 4.89. The Morgan fingerprint density at radius 2 is 2.17 bits per heavy atom. The smallest absolute Gasteiger partial charge is 0.320 e. The van der Waals surface area contributed by atoms with Crippen molar-refractivity contribution < 1.29 is 19.0 Å². The molecule has 11 heteroatoms. The van der Waals surface area contributed by atoms with Crippen molar-refractivity contribution in [2.75, 3.05) is 5.32 Å². The average Bonchev–Trinajstić information content (AvgIpc) is 2.95. The van der Waals surface area contributed by atoms with E-state index in [2.05, 4.69) is 46.5 Å². The van der Waals surface area contributed by atoms with Crippen LogP contribution in [0.5, 0.6) is 0 Å². The van der Waals surface area contributed by atoms with Crippen LogP contribution in [0.1, 0.15) is 19.5 Å². The number of hydrogen-bond donors (Lipinski definition) is 4. The Bertz CT molecular complexity index is 764. The summed E-state index contributed by atoms with van der Waals surface area (Å²) in [5.41, 5.74) is 2.14. The highest BCUT2D eigenvalue weighted by atomic mass is 79.9. The molecule has 2 aromatic rings. The Hall–Kier alpha value is -2.53. The van der Waals surface area contributed by atoms with Gasteiger partial charge in [0.1, 0.15) is 5.82 Å². The maximum Gasteiger partial charge on any atom is 0.320 e. The van der Waals surface area contributed by atoms with E-state index in [1.807, 2.05) is 5.48 Å². The Labute approximate surface area is 144 Å².